The van der Waals surface area contributed by atoms with Crippen LogP contribution in [0.4, 0.5) is 23.7 Å². The van der Waals surface area contributed by atoms with Crippen LogP contribution < -0.4 is 10.6 Å². The Labute approximate surface area is 251 Å². The van der Waals surface area contributed by atoms with Crippen molar-refractivity contribution in [3.8, 4) is 0 Å². The number of urea groups is 1. The second-order valence-corrected chi connectivity index (χ2v) is 12.3. The Hall–Kier alpha value is -4.50. The molecule has 0 aliphatic carbocycles. The number of aromatic nitrogens is 1. The van der Waals surface area contributed by atoms with Crippen molar-refractivity contribution >= 4 is 33.6 Å². The van der Waals surface area contributed by atoms with Crippen LogP contribution >= 0.6 is 0 Å². The van der Waals surface area contributed by atoms with Crippen molar-refractivity contribution in [3.05, 3.63) is 89.2 Å². The van der Waals surface area contributed by atoms with Gasteiger partial charge in [0.2, 0.25) is 15.9 Å². The number of aromatic carboxylic acids is 1. The smallest absolute Gasteiger partial charge is 0.416 e. The van der Waals surface area contributed by atoms with Crippen molar-refractivity contribution in [3.63, 3.8) is 0 Å². The Kier molecular flexibility index (Phi) is 9.59. The van der Waals surface area contributed by atoms with Crippen molar-refractivity contribution in [2.45, 2.75) is 43.4 Å². The van der Waals surface area contributed by atoms with Crippen LogP contribution in [0.25, 0.3) is 0 Å². The molecule has 3 aromatic rings. The van der Waals surface area contributed by atoms with Gasteiger partial charge in [-0.05, 0) is 53.4 Å². The Morgan fingerprint density at radius 1 is 1.02 bits per heavy atom. The van der Waals surface area contributed by atoms with E-state index in [-0.39, 0.29) is 37.6 Å². The molecular weight excluding hydrogens is 603 g/mol. The number of pyridine rings is 1. The van der Waals surface area contributed by atoms with Crippen LogP contribution in [0.3, 0.4) is 0 Å². The molecular formula is C29H30F3N5O6S. The van der Waals surface area contributed by atoms with Gasteiger partial charge in [0.15, 0.2) is 0 Å². The van der Waals surface area contributed by atoms with E-state index in [0.717, 1.165) is 33.6 Å². The molecule has 1 aliphatic heterocycles. The van der Waals surface area contributed by atoms with E-state index in [1.54, 1.807) is 0 Å². The minimum Gasteiger partial charge on any atom is -0.477 e. The lowest BCUT2D eigenvalue weighted by molar-refractivity contribution is -0.137. The Morgan fingerprint density at radius 3 is 2.27 bits per heavy atom. The lowest BCUT2D eigenvalue weighted by atomic mass is 10.0. The van der Waals surface area contributed by atoms with Crippen LogP contribution in [-0.2, 0) is 27.5 Å². The summed E-state index contributed by atoms with van der Waals surface area (Å²) in [5.74, 6) is -1.73. The number of carbonyl (C=O) groups is 3. The lowest BCUT2D eigenvalue weighted by Crippen LogP contribution is -2.61. The highest BCUT2D eigenvalue weighted by Crippen LogP contribution is 2.31. The second kappa shape index (κ2) is 13.0. The average molecular weight is 634 g/mol. The SMILES string of the molecule is CC(C)c1ccc(CNC(=O)[C@H]2CN(C(=O)Nc3ccnc(C(=O)O)c3)CCN2S(=O)(=O)c2ccc(C(F)(F)F)cc2)cc1. The number of carboxylic acid groups (broad SMARTS) is 1. The van der Waals surface area contributed by atoms with Crippen LogP contribution in [0.5, 0.6) is 0 Å². The van der Waals surface area contributed by atoms with Crippen LogP contribution in [0.1, 0.15) is 46.9 Å². The predicted molar refractivity (Wildman–Crippen MR) is 153 cm³/mol. The molecule has 0 saturated carbocycles. The monoisotopic (exact) mass is 633 g/mol. The molecule has 2 heterocycles. The molecule has 0 radical (unpaired) electrons. The number of alkyl halides is 3. The van der Waals surface area contributed by atoms with Gasteiger partial charge in [0.1, 0.15) is 11.7 Å². The molecule has 1 aromatic heterocycles. The first-order chi connectivity index (χ1) is 20.7. The molecule has 44 heavy (non-hydrogen) atoms. The fourth-order valence-corrected chi connectivity index (χ4v) is 6.13. The quantitative estimate of drug-likeness (QED) is 0.338. The molecule has 0 unspecified atom stereocenters. The number of carboxylic acids is 1. The van der Waals surface area contributed by atoms with Crippen molar-refractivity contribution in [2.75, 3.05) is 25.0 Å². The average Bonchev–Trinajstić information content (AvgIpc) is 2.99. The van der Waals surface area contributed by atoms with Crippen molar-refractivity contribution in [1.82, 2.24) is 19.5 Å². The number of hydrogen-bond acceptors (Lipinski definition) is 6. The van der Waals surface area contributed by atoms with Gasteiger partial charge < -0.3 is 20.6 Å². The highest BCUT2D eigenvalue weighted by atomic mass is 32.2. The largest absolute Gasteiger partial charge is 0.477 e. The maximum Gasteiger partial charge on any atom is 0.416 e. The second-order valence-electron chi connectivity index (χ2n) is 10.4. The number of nitrogens with one attached hydrogen (secondary N) is 2. The normalized spacial score (nSPS) is 16.0. The van der Waals surface area contributed by atoms with Gasteiger partial charge in [0.25, 0.3) is 0 Å². The lowest BCUT2D eigenvalue weighted by Gasteiger charge is -2.39. The molecule has 1 fully saturated rings. The Bertz CT molecular complexity index is 1630. The number of hydrogen-bond donors (Lipinski definition) is 3. The molecule has 0 bridgehead atoms. The molecule has 1 atom stereocenters. The zero-order valence-electron chi connectivity index (χ0n) is 23.7. The van der Waals surface area contributed by atoms with Gasteiger partial charge in [-0.1, -0.05) is 38.1 Å². The van der Waals surface area contributed by atoms with Crippen LogP contribution in [-0.4, -0.2) is 71.3 Å². The minimum absolute atomic E-state index is 0.0586. The fraction of sp³-hybridized carbons (Fsp3) is 0.310. The number of piperazine rings is 1. The summed E-state index contributed by atoms with van der Waals surface area (Å²) in [5, 5.41) is 14.4. The van der Waals surface area contributed by atoms with E-state index in [0.29, 0.717) is 18.1 Å². The number of carbonyl (C=O) groups excluding carboxylic acids is 2. The zero-order chi connectivity index (χ0) is 32.2. The van der Waals surface area contributed by atoms with Gasteiger partial charge in [-0.25, -0.2) is 23.0 Å². The third kappa shape index (κ3) is 7.52. The van der Waals surface area contributed by atoms with Gasteiger partial charge in [-0.2, -0.15) is 17.5 Å². The first-order valence-corrected chi connectivity index (χ1v) is 14.9. The molecule has 1 saturated heterocycles. The van der Waals surface area contributed by atoms with Crippen molar-refractivity contribution in [2.24, 2.45) is 0 Å². The number of rotatable bonds is 8. The third-order valence-electron chi connectivity index (χ3n) is 7.05. The van der Waals surface area contributed by atoms with E-state index in [1.165, 1.54) is 17.2 Å². The maximum atomic E-state index is 13.6. The Morgan fingerprint density at radius 2 is 1.68 bits per heavy atom. The molecule has 4 rings (SSSR count). The van der Waals surface area contributed by atoms with Gasteiger partial charge in [-0.3, -0.25) is 4.79 Å². The summed E-state index contributed by atoms with van der Waals surface area (Å²) in [6.07, 6.45) is -3.48. The number of halogens is 3. The summed E-state index contributed by atoms with van der Waals surface area (Å²) in [7, 11) is -4.47. The summed E-state index contributed by atoms with van der Waals surface area (Å²) < 4.78 is 67.3. The Balaban J connectivity index is 1.57. The summed E-state index contributed by atoms with van der Waals surface area (Å²) in [6.45, 7) is 3.24. The highest BCUT2D eigenvalue weighted by molar-refractivity contribution is 7.89. The topological polar surface area (TPSA) is 149 Å². The predicted octanol–water partition coefficient (Wildman–Crippen LogP) is 4.15. The molecule has 11 nitrogen and oxygen atoms in total. The number of benzene rings is 2. The molecule has 0 spiro atoms. The third-order valence-corrected chi connectivity index (χ3v) is 8.98. The number of sulfonamides is 1. The van der Waals surface area contributed by atoms with Gasteiger partial charge in [0.05, 0.1) is 10.5 Å². The van der Waals surface area contributed by atoms with E-state index < -0.39 is 50.6 Å². The van der Waals surface area contributed by atoms with Crippen molar-refractivity contribution in [1.29, 1.82) is 0 Å². The van der Waals surface area contributed by atoms with E-state index >= 15 is 0 Å². The fourth-order valence-electron chi connectivity index (χ4n) is 4.56. The summed E-state index contributed by atoms with van der Waals surface area (Å²) in [6, 6.07) is 10.8. The molecule has 2 aromatic carbocycles. The van der Waals surface area contributed by atoms with E-state index in [9.17, 15) is 36.0 Å². The van der Waals surface area contributed by atoms with E-state index in [1.807, 2.05) is 38.1 Å². The minimum atomic E-state index is -4.67. The highest BCUT2D eigenvalue weighted by Gasteiger charge is 2.42. The van der Waals surface area contributed by atoms with Gasteiger partial charge in [0, 0.05) is 38.1 Å². The summed E-state index contributed by atoms with van der Waals surface area (Å²) in [4.78, 5) is 42.2. The standard InChI is InChI=1S/C29H30F3N5O6S/c1-18(2)20-5-3-19(4-6-20)16-34-26(38)25-17-36(28(41)35-22-11-12-33-24(15-22)27(39)40)13-14-37(25)44(42,43)23-9-7-21(8-10-23)29(30,31)32/h3-12,15,18,25H,13-14,16-17H2,1-2H3,(H,34,38)(H,39,40)(H,33,35,41)/t25-/m1/s1. The molecule has 234 valence electrons. The molecule has 1 aliphatic rings. The van der Waals surface area contributed by atoms with Gasteiger partial charge in [-0.15, -0.1) is 0 Å². The number of anilines is 1. The van der Waals surface area contributed by atoms with Gasteiger partial charge >= 0.3 is 18.2 Å². The number of nitrogens with zero attached hydrogens (tertiary/aromatic N) is 3. The zero-order valence-corrected chi connectivity index (χ0v) is 24.5. The van der Waals surface area contributed by atoms with Crippen LogP contribution in [0.2, 0.25) is 0 Å². The van der Waals surface area contributed by atoms with Crippen LogP contribution in [0.15, 0.2) is 71.8 Å². The first kappa shape index (κ1) is 32.4. The van der Waals surface area contributed by atoms with E-state index in [4.69, 9.17) is 5.11 Å². The van der Waals surface area contributed by atoms with E-state index in [2.05, 4.69) is 15.6 Å². The number of amides is 3. The maximum absolute atomic E-state index is 13.6. The van der Waals surface area contributed by atoms with Crippen molar-refractivity contribution < 1.29 is 41.1 Å². The molecule has 15 heteroatoms. The first-order valence-electron chi connectivity index (χ1n) is 13.5. The van der Waals surface area contributed by atoms with Crippen LogP contribution in [0, 0.1) is 0 Å². The summed E-state index contributed by atoms with van der Waals surface area (Å²) >= 11 is 0. The molecule has 3 amide bonds. The molecule has 3 N–H and O–H groups in total. The summed E-state index contributed by atoms with van der Waals surface area (Å²) in [5.41, 5.74) is 0.615.